The first-order chi connectivity index (χ1) is 11.6. The van der Waals surface area contributed by atoms with Crippen molar-refractivity contribution in [3.8, 4) is 0 Å². The average Bonchev–Trinajstić information content (AvgIpc) is 2.93. The zero-order valence-electron chi connectivity index (χ0n) is 13.5. The molecular formula is C16H20ClN5OS. The molecule has 8 heteroatoms. The van der Waals surface area contributed by atoms with Crippen molar-refractivity contribution in [3.05, 3.63) is 39.3 Å². The predicted molar refractivity (Wildman–Crippen MR) is 94.5 cm³/mol. The lowest BCUT2D eigenvalue weighted by molar-refractivity contribution is 0.179. The van der Waals surface area contributed by atoms with Gasteiger partial charge in [0.2, 0.25) is 0 Å². The summed E-state index contributed by atoms with van der Waals surface area (Å²) < 4.78 is 0.722. The Balaban J connectivity index is 1.49. The molecule has 0 spiro atoms. The fraction of sp³-hybridized carbons (Fsp3) is 0.500. The summed E-state index contributed by atoms with van der Waals surface area (Å²) in [4.78, 5) is 26.9. The molecule has 3 heterocycles. The van der Waals surface area contributed by atoms with Gasteiger partial charge in [0.25, 0.3) is 0 Å². The van der Waals surface area contributed by atoms with Crippen molar-refractivity contribution in [3.63, 3.8) is 0 Å². The summed E-state index contributed by atoms with van der Waals surface area (Å²) in [5.41, 5.74) is 1.86. The summed E-state index contributed by atoms with van der Waals surface area (Å²) in [5, 5.41) is 3.93. The van der Waals surface area contributed by atoms with Gasteiger partial charge >= 0.3 is 6.03 Å². The number of thiazole rings is 1. The van der Waals surface area contributed by atoms with Crippen LogP contribution in [0.25, 0.3) is 0 Å². The van der Waals surface area contributed by atoms with Crippen molar-refractivity contribution in [2.24, 2.45) is 0 Å². The van der Waals surface area contributed by atoms with Crippen LogP contribution >= 0.6 is 22.9 Å². The number of amides is 2. The third-order valence-electron chi connectivity index (χ3n) is 4.13. The maximum absolute atomic E-state index is 12.4. The van der Waals surface area contributed by atoms with E-state index >= 15 is 0 Å². The highest BCUT2D eigenvalue weighted by atomic mass is 35.5. The van der Waals surface area contributed by atoms with Crippen LogP contribution in [0, 0.1) is 6.92 Å². The highest BCUT2D eigenvalue weighted by Crippen LogP contribution is 2.25. The zero-order chi connectivity index (χ0) is 16.9. The molecule has 0 saturated carbocycles. The number of nitrogens with zero attached hydrogens (tertiary/aromatic N) is 4. The number of nitrogens with one attached hydrogen (secondary N) is 1. The molecule has 3 rings (SSSR count). The molecule has 6 nitrogen and oxygen atoms in total. The minimum atomic E-state index is -0.0202. The van der Waals surface area contributed by atoms with E-state index in [0.717, 1.165) is 40.1 Å². The summed E-state index contributed by atoms with van der Waals surface area (Å²) in [5.74, 6) is 0.285. The minimum absolute atomic E-state index is 0.0202. The van der Waals surface area contributed by atoms with Crippen LogP contribution in [0.2, 0.25) is 4.34 Å². The van der Waals surface area contributed by atoms with Crippen molar-refractivity contribution in [1.82, 2.24) is 25.2 Å². The van der Waals surface area contributed by atoms with E-state index in [0.29, 0.717) is 19.5 Å². The smallest absolute Gasteiger partial charge is 0.317 e. The standard InChI is InChI=1S/C16H20ClN5OS/c1-11-15(17)24-14(21-11)5-7-19-16(23)22-8-2-3-12(9-22)13-4-6-18-10-20-13/h4,6,10,12H,2-3,5,7-9H2,1H3,(H,19,23)/t12-/m1/s1. The van der Waals surface area contributed by atoms with Gasteiger partial charge in [0, 0.05) is 43.9 Å². The van der Waals surface area contributed by atoms with Gasteiger partial charge in [-0.15, -0.1) is 11.3 Å². The van der Waals surface area contributed by atoms with Gasteiger partial charge in [-0.2, -0.15) is 0 Å². The quantitative estimate of drug-likeness (QED) is 0.904. The minimum Gasteiger partial charge on any atom is -0.338 e. The van der Waals surface area contributed by atoms with Crippen LogP contribution in [0.15, 0.2) is 18.6 Å². The van der Waals surface area contributed by atoms with E-state index < -0.39 is 0 Å². The molecule has 1 aliphatic rings. The molecule has 1 atom stereocenters. The normalized spacial score (nSPS) is 17.8. The van der Waals surface area contributed by atoms with Gasteiger partial charge in [-0.1, -0.05) is 11.6 Å². The third kappa shape index (κ3) is 4.21. The number of rotatable bonds is 4. The molecule has 0 radical (unpaired) electrons. The second-order valence-electron chi connectivity index (χ2n) is 5.87. The van der Waals surface area contributed by atoms with Crippen molar-refractivity contribution in [2.75, 3.05) is 19.6 Å². The van der Waals surface area contributed by atoms with Crippen LogP contribution in [0.5, 0.6) is 0 Å². The van der Waals surface area contributed by atoms with Gasteiger partial charge in [-0.05, 0) is 25.8 Å². The fourth-order valence-corrected chi connectivity index (χ4v) is 3.97. The van der Waals surface area contributed by atoms with Crippen molar-refractivity contribution < 1.29 is 4.79 Å². The van der Waals surface area contributed by atoms with Crippen molar-refractivity contribution in [2.45, 2.75) is 32.1 Å². The maximum Gasteiger partial charge on any atom is 0.317 e. The largest absolute Gasteiger partial charge is 0.338 e. The molecular weight excluding hydrogens is 346 g/mol. The monoisotopic (exact) mass is 365 g/mol. The Hall–Kier alpha value is -1.73. The van der Waals surface area contributed by atoms with Crippen LogP contribution < -0.4 is 5.32 Å². The van der Waals surface area contributed by atoms with E-state index in [4.69, 9.17) is 11.6 Å². The Kier molecular flexibility index (Phi) is 5.63. The Morgan fingerprint density at radius 1 is 1.54 bits per heavy atom. The predicted octanol–water partition coefficient (Wildman–Crippen LogP) is 3.03. The van der Waals surface area contributed by atoms with Gasteiger partial charge in [-0.25, -0.2) is 19.7 Å². The molecule has 1 aliphatic heterocycles. The molecule has 2 aromatic rings. The molecule has 0 bridgehead atoms. The fourth-order valence-electron chi connectivity index (χ4n) is 2.87. The Labute approximate surface area is 150 Å². The van der Waals surface area contributed by atoms with Crippen LogP contribution in [0.4, 0.5) is 4.79 Å². The highest BCUT2D eigenvalue weighted by molar-refractivity contribution is 7.16. The Bertz CT molecular complexity index is 674. The number of carbonyl (C=O) groups is 1. The van der Waals surface area contributed by atoms with E-state index in [-0.39, 0.29) is 11.9 Å². The Morgan fingerprint density at radius 3 is 3.12 bits per heavy atom. The van der Waals surface area contributed by atoms with E-state index in [1.54, 1.807) is 12.5 Å². The van der Waals surface area contributed by atoms with E-state index in [1.807, 2.05) is 17.9 Å². The topological polar surface area (TPSA) is 71.0 Å². The van der Waals surface area contributed by atoms with E-state index in [2.05, 4.69) is 20.3 Å². The zero-order valence-corrected chi connectivity index (χ0v) is 15.1. The summed E-state index contributed by atoms with van der Waals surface area (Å²) in [6.45, 7) is 3.94. The summed E-state index contributed by atoms with van der Waals surface area (Å²) in [7, 11) is 0. The summed E-state index contributed by atoms with van der Waals surface area (Å²) >= 11 is 7.49. The van der Waals surface area contributed by atoms with Crippen LogP contribution in [0.3, 0.4) is 0 Å². The van der Waals surface area contributed by atoms with E-state index in [9.17, 15) is 4.79 Å². The van der Waals surface area contributed by atoms with Gasteiger partial charge in [0.1, 0.15) is 10.7 Å². The third-order valence-corrected chi connectivity index (χ3v) is 5.64. The number of halogens is 1. The van der Waals surface area contributed by atoms with E-state index in [1.165, 1.54) is 11.3 Å². The molecule has 24 heavy (non-hydrogen) atoms. The average molecular weight is 366 g/mol. The molecule has 0 aliphatic carbocycles. The second-order valence-corrected chi connectivity index (χ2v) is 7.55. The first kappa shape index (κ1) is 17.1. The van der Waals surface area contributed by atoms with Crippen LogP contribution in [-0.2, 0) is 6.42 Å². The van der Waals surface area contributed by atoms with Crippen molar-refractivity contribution >= 4 is 29.0 Å². The number of aryl methyl sites for hydroxylation is 1. The molecule has 1 saturated heterocycles. The SMILES string of the molecule is Cc1nc(CCNC(=O)N2CCC[C@@H](c3ccncn3)C2)sc1Cl. The van der Waals surface area contributed by atoms with Gasteiger partial charge in [-0.3, -0.25) is 0 Å². The number of piperidine rings is 1. The number of hydrogen-bond donors (Lipinski definition) is 1. The summed E-state index contributed by atoms with van der Waals surface area (Å²) in [6, 6.07) is 1.91. The lowest BCUT2D eigenvalue weighted by Gasteiger charge is -2.32. The van der Waals surface area contributed by atoms with Gasteiger partial charge < -0.3 is 10.2 Å². The number of carbonyl (C=O) groups excluding carboxylic acids is 1. The Morgan fingerprint density at radius 2 is 2.42 bits per heavy atom. The van der Waals surface area contributed by atoms with Gasteiger partial charge in [0.15, 0.2) is 0 Å². The lowest BCUT2D eigenvalue weighted by atomic mass is 9.95. The second kappa shape index (κ2) is 7.90. The molecule has 2 aromatic heterocycles. The van der Waals surface area contributed by atoms with Crippen LogP contribution in [-0.4, -0.2) is 45.5 Å². The number of aromatic nitrogens is 3. The molecule has 128 valence electrons. The summed E-state index contributed by atoms with van der Waals surface area (Å²) in [6.07, 6.45) is 6.06. The number of likely N-dealkylation sites (tertiary alicyclic amines) is 1. The highest BCUT2D eigenvalue weighted by Gasteiger charge is 2.25. The van der Waals surface area contributed by atoms with Crippen molar-refractivity contribution in [1.29, 1.82) is 0 Å². The van der Waals surface area contributed by atoms with Gasteiger partial charge in [0.05, 0.1) is 10.7 Å². The first-order valence-corrected chi connectivity index (χ1v) is 9.23. The molecule has 0 unspecified atom stereocenters. The molecule has 0 aromatic carbocycles. The number of urea groups is 1. The lowest BCUT2D eigenvalue weighted by Crippen LogP contribution is -2.45. The molecule has 1 fully saturated rings. The number of hydrogen-bond acceptors (Lipinski definition) is 5. The van der Waals surface area contributed by atoms with Crippen LogP contribution in [0.1, 0.15) is 35.2 Å². The molecule has 1 N–H and O–H groups in total. The maximum atomic E-state index is 12.4. The molecule has 2 amide bonds. The first-order valence-electron chi connectivity index (χ1n) is 8.04.